The van der Waals surface area contributed by atoms with Crippen LogP contribution in [-0.2, 0) is 0 Å². The molecule has 2 aromatic heterocycles. The Hall–Kier alpha value is -0.730. The average molecular weight is 187 g/mol. The molecule has 0 amide bonds. The van der Waals surface area contributed by atoms with Crippen molar-refractivity contribution >= 4 is 37.6 Å². The molecule has 56 valence electrons. The van der Waals surface area contributed by atoms with Crippen LogP contribution < -0.4 is 5.57 Å². The number of halogens is 1. The van der Waals surface area contributed by atoms with Crippen molar-refractivity contribution in [3.05, 3.63) is 11.5 Å². The first kappa shape index (κ1) is 6.95. The number of aromatic amines is 1. The summed E-state index contributed by atoms with van der Waals surface area (Å²) in [6.45, 7) is 0. The van der Waals surface area contributed by atoms with E-state index >= 15 is 0 Å². The Labute approximate surface area is 69.6 Å². The molecule has 6 heteroatoms. The van der Waals surface area contributed by atoms with Gasteiger partial charge in [-0.1, -0.05) is 20.8 Å². The van der Waals surface area contributed by atoms with Crippen LogP contribution in [0.15, 0.2) is 6.33 Å². The van der Waals surface area contributed by atoms with E-state index < -0.39 is 0 Å². The molecule has 0 radical (unpaired) electrons. The molecule has 0 saturated heterocycles. The number of hydrogen-bond acceptors (Lipinski definition) is 3. The van der Waals surface area contributed by atoms with Crippen LogP contribution in [0.25, 0.3) is 11.2 Å². The molecule has 0 saturated carbocycles. The lowest BCUT2D eigenvalue weighted by atomic mass is 10.6. The predicted molar refractivity (Wildman–Crippen MR) is 46.0 cm³/mol. The van der Waals surface area contributed by atoms with Gasteiger partial charge in [-0.2, -0.15) is 0 Å². The maximum absolute atomic E-state index is 5.77. The van der Waals surface area contributed by atoms with Crippen molar-refractivity contribution in [2.45, 2.75) is 0 Å². The SMILES string of the molecule is Pc1nc(Cl)c2[nH]cnc2n1. The van der Waals surface area contributed by atoms with E-state index in [-0.39, 0.29) is 0 Å². The molecule has 0 aliphatic carbocycles. The number of H-pyrrole nitrogens is 1. The van der Waals surface area contributed by atoms with Gasteiger partial charge in [0, 0.05) is 0 Å². The minimum absolute atomic E-state index is 0.400. The number of aromatic nitrogens is 4. The molecule has 0 spiro atoms. The van der Waals surface area contributed by atoms with Crippen LogP contribution in [0.2, 0.25) is 5.15 Å². The average Bonchev–Trinajstić information content (AvgIpc) is 2.34. The Morgan fingerprint density at radius 3 is 3.09 bits per heavy atom. The van der Waals surface area contributed by atoms with Crippen molar-refractivity contribution in [3.63, 3.8) is 0 Å². The second-order valence-corrected chi connectivity index (χ2v) is 2.85. The Kier molecular flexibility index (Phi) is 1.51. The summed E-state index contributed by atoms with van der Waals surface area (Å²) in [6, 6.07) is 0. The first-order valence-corrected chi connectivity index (χ1v) is 3.85. The van der Waals surface area contributed by atoms with Gasteiger partial charge in [-0.3, -0.25) is 0 Å². The lowest BCUT2D eigenvalue weighted by molar-refractivity contribution is 1.27. The third kappa shape index (κ3) is 1.08. The highest BCUT2D eigenvalue weighted by molar-refractivity contribution is 7.26. The zero-order chi connectivity index (χ0) is 7.84. The van der Waals surface area contributed by atoms with Crippen molar-refractivity contribution in [2.75, 3.05) is 0 Å². The summed E-state index contributed by atoms with van der Waals surface area (Å²) in [4.78, 5) is 14.7. The summed E-state index contributed by atoms with van der Waals surface area (Å²) >= 11 is 5.77. The van der Waals surface area contributed by atoms with Crippen molar-refractivity contribution in [2.24, 2.45) is 0 Å². The highest BCUT2D eigenvalue weighted by atomic mass is 35.5. The molecule has 4 nitrogen and oxygen atoms in total. The van der Waals surface area contributed by atoms with E-state index in [0.717, 1.165) is 0 Å². The minimum atomic E-state index is 0.400. The zero-order valence-corrected chi connectivity index (χ0v) is 7.28. The van der Waals surface area contributed by atoms with Crippen LogP contribution in [0.5, 0.6) is 0 Å². The van der Waals surface area contributed by atoms with E-state index in [4.69, 9.17) is 11.6 Å². The summed E-state index contributed by atoms with van der Waals surface area (Å²) in [5.41, 5.74) is 1.82. The molecule has 11 heavy (non-hydrogen) atoms. The highest BCUT2D eigenvalue weighted by Crippen LogP contribution is 2.13. The third-order valence-corrected chi connectivity index (χ3v) is 1.79. The number of nitrogens with zero attached hydrogens (tertiary/aromatic N) is 3. The smallest absolute Gasteiger partial charge is 0.182 e. The molecule has 1 atom stereocenters. The number of nitrogens with one attached hydrogen (secondary N) is 1. The molecular formula is C5H4ClN4P. The zero-order valence-electron chi connectivity index (χ0n) is 5.37. The fourth-order valence-corrected chi connectivity index (χ4v) is 1.37. The van der Waals surface area contributed by atoms with E-state index in [9.17, 15) is 0 Å². The summed E-state index contributed by atoms with van der Waals surface area (Å²) in [7, 11) is 2.37. The molecule has 0 aliphatic heterocycles. The van der Waals surface area contributed by atoms with Gasteiger partial charge in [-0.05, 0) is 0 Å². The largest absolute Gasteiger partial charge is 0.341 e. The van der Waals surface area contributed by atoms with Crippen LogP contribution in [0.1, 0.15) is 0 Å². The number of imidazole rings is 1. The van der Waals surface area contributed by atoms with Crippen LogP contribution in [0, 0.1) is 0 Å². The lowest BCUT2D eigenvalue weighted by Gasteiger charge is -1.92. The van der Waals surface area contributed by atoms with Gasteiger partial charge in [0.1, 0.15) is 11.1 Å². The van der Waals surface area contributed by atoms with Gasteiger partial charge < -0.3 is 4.98 Å². The maximum Gasteiger partial charge on any atom is 0.182 e. The van der Waals surface area contributed by atoms with Gasteiger partial charge in [0.05, 0.1) is 6.33 Å². The molecule has 0 aliphatic rings. The van der Waals surface area contributed by atoms with Crippen LogP contribution >= 0.6 is 20.8 Å². The highest BCUT2D eigenvalue weighted by Gasteiger charge is 2.03. The van der Waals surface area contributed by atoms with Gasteiger partial charge in [-0.15, -0.1) is 0 Å². The van der Waals surface area contributed by atoms with Crippen molar-refractivity contribution in [1.29, 1.82) is 0 Å². The first-order valence-electron chi connectivity index (χ1n) is 2.89. The molecule has 0 bridgehead atoms. The number of hydrogen-bond donors (Lipinski definition) is 1. The summed E-state index contributed by atoms with van der Waals surface area (Å²) in [5.74, 6) is 0. The van der Waals surface area contributed by atoms with Crippen LogP contribution in [-0.4, -0.2) is 19.9 Å². The normalized spacial score (nSPS) is 10.7. The van der Waals surface area contributed by atoms with Gasteiger partial charge in [0.2, 0.25) is 0 Å². The van der Waals surface area contributed by atoms with E-state index in [1.54, 1.807) is 0 Å². The van der Waals surface area contributed by atoms with Crippen LogP contribution in [0.4, 0.5) is 0 Å². The molecule has 2 heterocycles. The number of rotatable bonds is 0. The van der Waals surface area contributed by atoms with Gasteiger partial charge in [0.15, 0.2) is 10.8 Å². The van der Waals surface area contributed by atoms with E-state index in [1.807, 2.05) is 0 Å². The molecule has 2 rings (SSSR count). The standard InChI is InChI=1S/C5H4ClN4P/c6-3-2-4(8-1-7-2)10-5(11)9-3/h1H,11H2,(H,7,8,9,10). The summed E-state index contributed by atoms with van der Waals surface area (Å²) < 4.78 is 0. The fraction of sp³-hybridized carbons (Fsp3) is 0. The fourth-order valence-electron chi connectivity index (χ4n) is 0.814. The summed E-state index contributed by atoms with van der Waals surface area (Å²) in [5, 5.41) is 0.400. The van der Waals surface area contributed by atoms with E-state index in [1.165, 1.54) is 6.33 Å². The minimum Gasteiger partial charge on any atom is -0.341 e. The van der Waals surface area contributed by atoms with Gasteiger partial charge >= 0.3 is 0 Å². The summed E-state index contributed by atoms with van der Waals surface area (Å²) in [6.07, 6.45) is 1.54. The predicted octanol–water partition coefficient (Wildman–Crippen LogP) is 0.507. The molecule has 1 unspecified atom stereocenters. The Morgan fingerprint density at radius 1 is 1.45 bits per heavy atom. The second-order valence-electron chi connectivity index (χ2n) is 1.97. The van der Waals surface area contributed by atoms with E-state index in [2.05, 4.69) is 29.2 Å². The maximum atomic E-state index is 5.77. The van der Waals surface area contributed by atoms with Crippen molar-refractivity contribution in [3.8, 4) is 0 Å². The lowest BCUT2D eigenvalue weighted by Crippen LogP contribution is -2.03. The Morgan fingerprint density at radius 2 is 2.27 bits per heavy atom. The second kappa shape index (κ2) is 2.40. The Bertz CT molecular complexity index is 398. The van der Waals surface area contributed by atoms with Gasteiger partial charge in [-0.25, -0.2) is 15.0 Å². The van der Waals surface area contributed by atoms with Crippen LogP contribution in [0.3, 0.4) is 0 Å². The molecule has 2 aromatic rings. The monoisotopic (exact) mass is 186 g/mol. The quantitative estimate of drug-likeness (QED) is 0.482. The van der Waals surface area contributed by atoms with Crippen molar-refractivity contribution < 1.29 is 0 Å². The van der Waals surface area contributed by atoms with Gasteiger partial charge in [0.25, 0.3) is 0 Å². The number of fused-ring (bicyclic) bond motifs is 1. The molecule has 0 fully saturated rings. The topological polar surface area (TPSA) is 54.5 Å². The molecular weight excluding hydrogens is 183 g/mol. The first-order chi connectivity index (χ1) is 5.27. The molecule has 0 aromatic carbocycles. The van der Waals surface area contributed by atoms with E-state index in [0.29, 0.717) is 21.9 Å². The Balaban J connectivity index is 2.91. The molecule has 1 N–H and O–H groups in total. The third-order valence-electron chi connectivity index (χ3n) is 1.26. The van der Waals surface area contributed by atoms with Crippen molar-refractivity contribution in [1.82, 2.24) is 19.9 Å².